The van der Waals surface area contributed by atoms with Crippen molar-refractivity contribution in [2.45, 2.75) is 17.5 Å². The molecule has 0 saturated carbocycles. The fraction of sp³-hybridized carbons (Fsp3) is 0.111. The monoisotopic (exact) mass is 307 g/mol. The largest absolute Gasteiger partial charge is 0.298 e. The molecule has 0 N–H and O–H groups in total. The molecule has 3 rings (SSSR count). The Kier molecular flexibility index (Phi) is 4.71. The van der Waals surface area contributed by atoms with Crippen LogP contribution in [0.5, 0.6) is 0 Å². The van der Waals surface area contributed by atoms with Crippen LogP contribution in [-0.2, 0) is 12.3 Å². The van der Waals surface area contributed by atoms with Gasteiger partial charge in [-0.25, -0.2) is 0 Å². The number of rotatable bonds is 6. The summed E-state index contributed by atoms with van der Waals surface area (Å²) in [6.07, 6.45) is 1.88. The number of allylic oxidation sites excluding steroid dienone is 1. The second-order valence-electron chi connectivity index (χ2n) is 4.85. The Balaban J connectivity index is 1.85. The van der Waals surface area contributed by atoms with E-state index in [1.54, 1.807) is 11.8 Å². The zero-order chi connectivity index (χ0) is 15.2. The number of nitrogens with zero attached hydrogens (tertiary/aromatic N) is 3. The normalized spacial score (nSPS) is 10.5. The first-order valence-corrected chi connectivity index (χ1v) is 8.13. The van der Waals surface area contributed by atoms with Crippen molar-refractivity contribution in [2.75, 3.05) is 0 Å². The lowest BCUT2D eigenvalue weighted by atomic mass is 10.2. The molecular weight excluding hydrogens is 290 g/mol. The van der Waals surface area contributed by atoms with Gasteiger partial charge in [0.25, 0.3) is 0 Å². The zero-order valence-electron chi connectivity index (χ0n) is 12.2. The number of thioether (sulfide) groups is 1. The first kappa shape index (κ1) is 14.6. The van der Waals surface area contributed by atoms with Crippen LogP contribution >= 0.6 is 11.8 Å². The Bertz CT molecular complexity index is 736. The van der Waals surface area contributed by atoms with Crippen LogP contribution in [0.25, 0.3) is 11.4 Å². The van der Waals surface area contributed by atoms with Gasteiger partial charge in [0.15, 0.2) is 11.0 Å². The highest BCUT2D eigenvalue weighted by Gasteiger charge is 2.13. The summed E-state index contributed by atoms with van der Waals surface area (Å²) in [5, 5.41) is 9.64. The van der Waals surface area contributed by atoms with E-state index >= 15 is 0 Å². The Hall–Kier alpha value is -2.33. The molecule has 0 unspecified atom stereocenters. The van der Waals surface area contributed by atoms with Crippen molar-refractivity contribution in [3.63, 3.8) is 0 Å². The lowest BCUT2D eigenvalue weighted by Gasteiger charge is -2.07. The quantitative estimate of drug-likeness (QED) is 0.499. The van der Waals surface area contributed by atoms with Crippen molar-refractivity contribution in [3.05, 3.63) is 78.9 Å². The average molecular weight is 307 g/mol. The maximum absolute atomic E-state index is 4.36. The molecule has 1 heterocycles. The lowest BCUT2D eigenvalue weighted by Crippen LogP contribution is -2.00. The van der Waals surface area contributed by atoms with Gasteiger partial charge in [0.2, 0.25) is 0 Å². The van der Waals surface area contributed by atoms with E-state index in [1.165, 1.54) is 5.56 Å². The summed E-state index contributed by atoms with van der Waals surface area (Å²) in [6.45, 7) is 4.55. The molecule has 0 aliphatic carbocycles. The van der Waals surface area contributed by atoms with Gasteiger partial charge >= 0.3 is 0 Å². The van der Waals surface area contributed by atoms with Gasteiger partial charge in [0.05, 0.1) is 0 Å². The molecule has 0 saturated heterocycles. The smallest absolute Gasteiger partial charge is 0.192 e. The molecule has 3 nitrogen and oxygen atoms in total. The average Bonchev–Trinajstić information content (AvgIpc) is 2.98. The summed E-state index contributed by atoms with van der Waals surface area (Å²) in [4.78, 5) is 0. The highest BCUT2D eigenvalue weighted by Crippen LogP contribution is 2.26. The summed E-state index contributed by atoms with van der Waals surface area (Å²) >= 11 is 1.70. The van der Waals surface area contributed by atoms with E-state index in [2.05, 4.69) is 57.7 Å². The van der Waals surface area contributed by atoms with Crippen LogP contribution in [0, 0.1) is 0 Å². The lowest BCUT2D eigenvalue weighted by molar-refractivity contribution is 0.731. The van der Waals surface area contributed by atoms with Gasteiger partial charge in [0.1, 0.15) is 0 Å². The molecule has 0 aliphatic rings. The van der Waals surface area contributed by atoms with Gasteiger partial charge in [-0.15, -0.1) is 16.8 Å². The summed E-state index contributed by atoms with van der Waals surface area (Å²) in [5.74, 6) is 1.77. The molecule has 0 spiro atoms. The van der Waals surface area contributed by atoms with Gasteiger partial charge in [-0.2, -0.15) is 0 Å². The minimum Gasteiger partial charge on any atom is -0.298 e. The SMILES string of the molecule is C=CCn1c(SCc2ccccc2)nnc1-c1ccccc1. The Morgan fingerprint density at radius 1 is 0.955 bits per heavy atom. The molecule has 1 aromatic heterocycles. The molecular formula is C18H17N3S. The summed E-state index contributed by atoms with van der Waals surface area (Å²) in [5.41, 5.74) is 2.35. The number of hydrogen-bond acceptors (Lipinski definition) is 3. The standard InChI is InChI=1S/C18H17N3S/c1-2-13-21-17(16-11-7-4-8-12-16)19-20-18(21)22-14-15-9-5-3-6-10-15/h2-12H,1,13-14H2. The van der Waals surface area contributed by atoms with E-state index in [-0.39, 0.29) is 0 Å². The second-order valence-corrected chi connectivity index (χ2v) is 5.79. The van der Waals surface area contributed by atoms with Gasteiger partial charge in [-0.05, 0) is 5.56 Å². The van der Waals surface area contributed by atoms with Gasteiger partial charge < -0.3 is 0 Å². The van der Waals surface area contributed by atoms with Gasteiger partial charge in [0, 0.05) is 17.9 Å². The van der Waals surface area contributed by atoms with Crippen LogP contribution < -0.4 is 0 Å². The van der Waals surface area contributed by atoms with E-state index in [0.717, 1.165) is 22.3 Å². The maximum atomic E-state index is 4.36. The van der Waals surface area contributed by atoms with Crippen LogP contribution in [0.4, 0.5) is 0 Å². The third-order valence-corrected chi connectivity index (χ3v) is 4.31. The molecule has 3 aromatic rings. The van der Waals surface area contributed by atoms with Crippen LogP contribution in [0.3, 0.4) is 0 Å². The van der Waals surface area contributed by atoms with Crippen molar-refractivity contribution in [2.24, 2.45) is 0 Å². The molecule has 0 radical (unpaired) electrons. The van der Waals surface area contributed by atoms with Crippen LogP contribution in [0.15, 0.2) is 78.5 Å². The first-order valence-electron chi connectivity index (χ1n) is 7.14. The first-order chi connectivity index (χ1) is 10.9. The molecule has 2 aromatic carbocycles. The Morgan fingerprint density at radius 3 is 2.32 bits per heavy atom. The number of benzene rings is 2. The van der Waals surface area contributed by atoms with Gasteiger partial charge in [-0.3, -0.25) is 4.57 Å². The third-order valence-electron chi connectivity index (χ3n) is 3.27. The molecule has 4 heteroatoms. The third kappa shape index (κ3) is 3.28. The molecule has 0 amide bonds. The molecule has 0 fully saturated rings. The van der Waals surface area contributed by atoms with Crippen molar-refractivity contribution < 1.29 is 0 Å². The molecule has 0 bridgehead atoms. The predicted octanol–water partition coefficient (Wildman–Crippen LogP) is 4.42. The Morgan fingerprint density at radius 2 is 1.64 bits per heavy atom. The van der Waals surface area contributed by atoms with Crippen LogP contribution in [0.2, 0.25) is 0 Å². The minimum atomic E-state index is 0.703. The summed E-state index contributed by atoms with van der Waals surface area (Å²) < 4.78 is 2.11. The number of hydrogen-bond donors (Lipinski definition) is 0. The summed E-state index contributed by atoms with van der Waals surface area (Å²) in [6, 6.07) is 20.5. The van der Waals surface area contributed by atoms with Crippen molar-refractivity contribution >= 4 is 11.8 Å². The fourth-order valence-electron chi connectivity index (χ4n) is 2.21. The van der Waals surface area contributed by atoms with E-state index in [4.69, 9.17) is 0 Å². The molecule has 0 aliphatic heterocycles. The van der Waals surface area contributed by atoms with E-state index in [9.17, 15) is 0 Å². The maximum Gasteiger partial charge on any atom is 0.192 e. The minimum absolute atomic E-state index is 0.703. The highest BCUT2D eigenvalue weighted by atomic mass is 32.2. The zero-order valence-corrected chi connectivity index (χ0v) is 13.0. The summed E-state index contributed by atoms with van der Waals surface area (Å²) in [7, 11) is 0. The molecule has 110 valence electrons. The second kappa shape index (κ2) is 7.09. The fourth-order valence-corrected chi connectivity index (χ4v) is 3.12. The van der Waals surface area contributed by atoms with Crippen molar-refractivity contribution in [1.82, 2.24) is 14.8 Å². The molecule has 0 atom stereocenters. The Labute approximate surface area is 134 Å². The number of aromatic nitrogens is 3. The van der Waals surface area contributed by atoms with Crippen molar-refractivity contribution in [3.8, 4) is 11.4 Å². The molecule has 22 heavy (non-hydrogen) atoms. The van der Waals surface area contributed by atoms with E-state index < -0.39 is 0 Å². The van der Waals surface area contributed by atoms with Crippen LogP contribution in [0.1, 0.15) is 5.56 Å². The van der Waals surface area contributed by atoms with Gasteiger partial charge in [-0.1, -0.05) is 78.5 Å². The van der Waals surface area contributed by atoms with Crippen molar-refractivity contribution in [1.29, 1.82) is 0 Å². The predicted molar refractivity (Wildman–Crippen MR) is 91.7 cm³/mol. The van der Waals surface area contributed by atoms with E-state index in [1.807, 2.05) is 30.3 Å². The topological polar surface area (TPSA) is 30.7 Å². The highest BCUT2D eigenvalue weighted by molar-refractivity contribution is 7.98. The van der Waals surface area contributed by atoms with E-state index in [0.29, 0.717) is 6.54 Å². The van der Waals surface area contributed by atoms with Crippen LogP contribution in [-0.4, -0.2) is 14.8 Å².